The Labute approximate surface area is 102 Å². The molecule has 4 nitrogen and oxygen atoms in total. The maximum atomic E-state index is 12.0. The summed E-state index contributed by atoms with van der Waals surface area (Å²) in [4.78, 5) is 18.1. The topological polar surface area (TPSA) is 58.7 Å². The predicted octanol–water partition coefficient (Wildman–Crippen LogP) is 2.28. The standard InChI is InChI=1S/C13H21N3O/c1-12(2)6-3-7-13(8-12)10(14)15-11(17)16(13)9-4-5-9/h9H,3-8H2,1-2H3,(H2,14,15,17). The molecule has 0 aromatic heterocycles. The number of hydrogen-bond acceptors (Lipinski definition) is 2. The van der Waals surface area contributed by atoms with Gasteiger partial charge in [0.2, 0.25) is 0 Å². The van der Waals surface area contributed by atoms with E-state index in [4.69, 9.17) is 5.73 Å². The third-order valence-electron chi connectivity index (χ3n) is 4.49. The Morgan fingerprint density at radius 3 is 2.65 bits per heavy atom. The molecule has 0 aromatic rings. The second-order valence-electron chi connectivity index (χ2n) is 6.61. The van der Waals surface area contributed by atoms with Crippen LogP contribution in [0.5, 0.6) is 0 Å². The Balaban J connectivity index is 1.97. The molecule has 1 heterocycles. The van der Waals surface area contributed by atoms with Crippen LogP contribution in [-0.2, 0) is 0 Å². The van der Waals surface area contributed by atoms with E-state index in [0.29, 0.717) is 11.9 Å². The number of amidine groups is 1. The molecule has 94 valence electrons. The van der Waals surface area contributed by atoms with Crippen LogP contribution in [0.15, 0.2) is 4.99 Å². The highest BCUT2D eigenvalue weighted by Crippen LogP contribution is 2.49. The quantitative estimate of drug-likeness (QED) is 0.758. The van der Waals surface area contributed by atoms with Crippen molar-refractivity contribution in [3.63, 3.8) is 0 Å². The van der Waals surface area contributed by atoms with Crippen LogP contribution < -0.4 is 5.73 Å². The molecular weight excluding hydrogens is 214 g/mol. The van der Waals surface area contributed by atoms with Crippen LogP contribution in [0.4, 0.5) is 4.79 Å². The first kappa shape index (κ1) is 11.1. The summed E-state index contributed by atoms with van der Waals surface area (Å²) < 4.78 is 0. The van der Waals surface area contributed by atoms with Crippen LogP contribution in [0.1, 0.15) is 52.4 Å². The fourth-order valence-electron chi connectivity index (χ4n) is 3.66. The monoisotopic (exact) mass is 235 g/mol. The largest absolute Gasteiger partial charge is 0.385 e. The first-order chi connectivity index (χ1) is 7.95. The van der Waals surface area contributed by atoms with Crippen molar-refractivity contribution in [2.24, 2.45) is 16.1 Å². The van der Waals surface area contributed by atoms with Gasteiger partial charge in [-0.1, -0.05) is 20.3 Å². The van der Waals surface area contributed by atoms with Crippen molar-refractivity contribution in [3.05, 3.63) is 0 Å². The summed E-state index contributed by atoms with van der Waals surface area (Å²) in [7, 11) is 0. The average molecular weight is 235 g/mol. The lowest BCUT2D eigenvalue weighted by molar-refractivity contribution is 0.0821. The van der Waals surface area contributed by atoms with Gasteiger partial charge in [-0.2, -0.15) is 4.99 Å². The molecule has 2 N–H and O–H groups in total. The zero-order valence-corrected chi connectivity index (χ0v) is 10.7. The highest BCUT2D eigenvalue weighted by atomic mass is 16.2. The molecule has 1 aliphatic heterocycles. The van der Waals surface area contributed by atoms with E-state index in [2.05, 4.69) is 18.8 Å². The van der Waals surface area contributed by atoms with E-state index in [1.807, 2.05) is 4.90 Å². The van der Waals surface area contributed by atoms with Crippen LogP contribution in [0, 0.1) is 5.41 Å². The summed E-state index contributed by atoms with van der Waals surface area (Å²) in [5, 5.41) is 0. The molecule has 1 atom stereocenters. The minimum Gasteiger partial charge on any atom is -0.385 e. The summed E-state index contributed by atoms with van der Waals surface area (Å²) >= 11 is 0. The number of rotatable bonds is 1. The summed E-state index contributed by atoms with van der Waals surface area (Å²) in [6.45, 7) is 4.55. The maximum absolute atomic E-state index is 12.0. The molecule has 2 fully saturated rings. The summed E-state index contributed by atoms with van der Waals surface area (Å²) in [5.41, 5.74) is 6.11. The predicted molar refractivity (Wildman–Crippen MR) is 66.9 cm³/mol. The molecule has 0 bridgehead atoms. The van der Waals surface area contributed by atoms with Crippen molar-refractivity contribution in [1.29, 1.82) is 0 Å². The van der Waals surface area contributed by atoms with Crippen molar-refractivity contribution in [2.45, 2.75) is 64.0 Å². The fourth-order valence-corrected chi connectivity index (χ4v) is 3.66. The Morgan fingerprint density at radius 2 is 2.06 bits per heavy atom. The van der Waals surface area contributed by atoms with Crippen LogP contribution >= 0.6 is 0 Å². The molecule has 2 saturated carbocycles. The summed E-state index contributed by atoms with van der Waals surface area (Å²) in [6.07, 6.45) is 6.56. The molecule has 3 aliphatic rings. The number of nitrogens with two attached hydrogens (primary N) is 1. The van der Waals surface area contributed by atoms with E-state index in [1.54, 1.807) is 0 Å². The molecule has 0 saturated heterocycles. The van der Waals surface area contributed by atoms with E-state index in [0.717, 1.165) is 32.1 Å². The van der Waals surface area contributed by atoms with Crippen molar-refractivity contribution in [2.75, 3.05) is 0 Å². The van der Waals surface area contributed by atoms with Gasteiger partial charge in [-0.3, -0.25) is 0 Å². The van der Waals surface area contributed by atoms with E-state index >= 15 is 0 Å². The average Bonchev–Trinajstić information content (AvgIpc) is 2.96. The molecule has 0 aromatic carbocycles. The molecule has 17 heavy (non-hydrogen) atoms. The van der Waals surface area contributed by atoms with Gasteiger partial charge in [-0.05, 0) is 37.5 Å². The van der Waals surface area contributed by atoms with Crippen LogP contribution in [0.3, 0.4) is 0 Å². The first-order valence-electron chi connectivity index (χ1n) is 6.63. The third kappa shape index (κ3) is 1.57. The van der Waals surface area contributed by atoms with Crippen molar-refractivity contribution >= 4 is 11.9 Å². The molecule has 4 heteroatoms. The van der Waals surface area contributed by atoms with E-state index in [9.17, 15) is 4.79 Å². The van der Waals surface area contributed by atoms with E-state index in [-0.39, 0.29) is 17.0 Å². The number of nitrogens with zero attached hydrogens (tertiary/aromatic N) is 2. The minimum absolute atomic E-state index is 0.0947. The Kier molecular flexibility index (Phi) is 2.11. The molecule has 1 spiro atoms. The zero-order valence-electron chi connectivity index (χ0n) is 10.7. The van der Waals surface area contributed by atoms with E-state index < -0.39 is 0 Å². The van der Waals surface area contributed by atoms with Gasteiger partial charge < -0.3 is 10.6 Å². The Hall–Kier alpha value is -1.06. The lowest BCUT2D eigenvalue weighted by Crippen LogP contribution is -2.58. The molecule has 2 amide bonds. The molecular formula is C13H21N3O. The number of hydrogen-bond donors (Lipinski definition) is 1. The fraction of sp³-hybridized carbons (Fsp3) is 0.846. The molecule has 2 aliphatic carbocycles. The van der Waals surface area contributed by atoms with Gasteiger partial charge in [-0.25, -0.2) is 4.79 Å². The minimum atomic E-state index is -0.250. The van der Waals surface area contributed by atoms with Gasteiger partial charge in [0.25, 0.3) is 0 Å². The molecule has 1 unspecified atom stereocenters. The van der Waals surface area contributed by atoms with Gasteiger partial charge in [0.1, 0.15) is 11.4 Å². The maximum Gasteiger partial charge on any atom is 0.346 e. The summed E-state index contributed by atoms with van der Waals surface area (Å²) in [6, 6.07) is 0.309. The van der Waals surface area contributed by atoms with Gasteiger partial charge in [0, 0.05) is 6.04 Å². The van der Waals surface area contributed by atoms with Crippen molar-refractivity contribution < 1.29 is 4.79 Å². The van der Waals surface area contributed by atoms with Crippen molar-refractivity contribution in [1.82, 2.24) is 4.90 Å². The molecule has 0 radical (unpaired) electrons. The number of aliphatic imine (C=N–C) groups is 1. The number of carbonyl (C=O) groups is 1. The number of carbonyl (C=O) groups excluding carboxylic acids is 1. The highest BCUT2D eigenvalue weighted by molar-refractivity contribution is 6.06. The Morgan fingerprint density at radius 1 is 1.35 bits per heavy atom. The third-order valence-corrected chi connectivity index (χ3v) is 4.49. The van der Waals surface area contributed by atoms with Crippen LogP contribution in [0.25, 0.3) is 0 Å². The van der Waals surface area contributed by atoms with Crippen LogP contribution in [-0.4, -0.2) is 28.3 Å². The van der Waals surface area contributed by atoms with Gasteiger partial charge >= 0.3 is 6.03 Å². The van der Waals surface area contributed by atoms with Gasteiger partial charge in [0.05, 0.1) is 0 Å². The van der Waals surface area contributed by atoms with Crippen molar-refractivity contribution in [3.8, 4) is 0 Å². The van der Waals surface area contributed by atoms with Crippen LogP contribution in [0.2, 0.25) is 0 Å². The second kappa shape index (κ2) is 3.24. The van der Waals surface area contributed by atoms with Gasteiger partial charge in [-0.15, -0.1) is 0 Å². The van der Waals surface area contributed by atoms with E-state index in [1.165, 1.54) is 6.42 Å². The SMILES string of the molecule is CC1(C)CCCC2(C1)C(N)=NC(=O)N2C1CC1. The lowest BCUT2D eigenvalue weighted by atomic mass is 9.67. The normalized spacial score (nSPS) is 36.5. The zero-order chi connectivity index (χ0) is 12.3. The van der Waals surface area contributed by atoms with Gasteiger partial charge in [0.15, 0.2) is 0 Å². The smallest absolute Gasteiger partial charge is 0.346 e. The Bertz CT molecular complexity index is 397. The highest BCUT2D eigenvalue weighted by Gasteiger charge is 2.56. The number of amides is 2. The summed E-state index contributed by atoms with van der Waals surface area (Å²) in [5.74, 6) is 0.571. The first-order valence-corrected chi connectivity index (χ1v) is 6.63. The second-order valence-corrected chi connectivity index (χ2v) is 6.61. The number of urea groups is 1. The molecule has 3 rings (SSSR count). The lowest BCUT2D eigenvalue weighted by Gasteiger charge is -2.47.